The van der Waals surface area contributed by atoms with Gasteiger partial charge >= 0.3 is 5.69 Å². The Balaban J connectivity index is 1.49. The summed E-state index contributed by atoms with van der Waals surface area (Å²) in [7, 11) is 1.55. The van der Waals surface area contributed by atoms with Gasteiger partial charge < -0.3 is 24.5 Å². The van der Waals surface area contributed by atoms with E-state index in [1.54, 1.807) is 11.6 Å². The number of aliphatic hydroxyl groups is 1. The number of anilines is 1. The first kappa shape index (κ1) is 24.0. The number of ether oxygens (including phenoxy) is 2. The van der Waals surface area contributed by atoms with Gasteiger partial charge in [0.15, 0.2) is 11.2 Å². The lowest BCUT2D eigenvalue weighted by Crippen LogP contribution is -2.37. The second kappa shape index (κ2) is 10.9. The highest BCUT2D eigenvalue weighted by Crippen LogP contribution is 2.17. The van der Waals surface area contributed by atoms with Crippen molar-refractivity contribution in [3.05, 3.63) is 50.7 Å². The third-order valence-corrected chi connectivity index (χ3v) is 5.87. The Morgan fingerprint density at radius 2 is 2.09 bits per heavy atom. The number of aromatic amines is 1. The van der Waals surface area contributed by atoms with Crippen molar-refractivity contribution < 1.29 is 14.6 Å². The van der Waals surface area contributed by atoms with Crippen molar-refractivity contribution in [1.29, 1.82) is 0 Å². The highest BCUT2D eigenvalue weighted by Gasteiger charge is 2.20. The van der Waals surface area contributed by atoms with Crippen LogP contribution in [0.15, 0.2) is 33.9 Å². The molecule has 0 spiro atoms. The monoisotopic (exact) mass is 472 g/mol. The zero-order chi connectivity index (χ0) is 24.1. The lowest BCUT2D eigenvalue weighted by Gasteiger charge is -2.26. The van der Waals surface area contributed by atoms with Gasteiger partial charge in [0.1, 0.15) is 18.5 Å². The molecule has 1 aliphatic heterocycles. The molecule has 1 atom stereocenters. The fourth-order valence-corrected chi connectivity index (χ4v) is 4.04. The number of aromatic nitrogens is 4. The second-order valence-electron chi connectivity index (χ2n) is 8.55. The van der Waals surface area contributed by atoms with Crippen molar-refractivity contribution in [2.75, 3.05) is 51.3 Å². The topological polar surface area (TPSA) is 127 Å². The Bertz CT molecular complexity index is 1230. The van der Waals surface area contributed by atoms with Gasteiger partial charge in [-0.1, -0.05) is 12.1 Å². The van der Waals surface area contributed by atoms with E-state index < -0.39 is 17.4 Å². The van der Waals surface area contributed by atoms with Gasteiger partial charge in [0, 0.05) is 26.7 Å². The lowest BCUT2D eigenvalue weighted by molar-refractivity contribution is 0.0378. The Hall–Kier alpha value is -3.15. The van der Waals surface area contributed by atoms with Crippen LogP contribution in [-0.2, 0) is 18.3 Å². The normalized spacial score (nSPS) is 15.5. The number of H-pyrrole nitrogens is 1. The molecule has 2 aromatic heterocycles. The maximum Gasteiger partial charge on any atom is 0.329 e. The minimum atomic E-state index is -0.900. The predicted octanol–water partition coefficient (Wildman–Crippen LogP) is 0.306. The molecule has 3 aromatic rings. The van der Waals surface area contributed by atoms with Crippen LogP contribution in [0.3, 0.4) is 0 Å². The molecule has 34 heavy (non-hydrogen) atoms. The minimum Gasteiger partial charge on any atom is -0.491 e. The van der Waals surface area contributed by atoms with Crippen LogP contribution in [0.2, 0.25) is 0 Å². The first-order chi connectivity index (χ1) is 16.4. The van der Waals surface area contributed by atoms with E-state index in [-0.39, 0.29) is 24.3 Å². The van der Waals surface area contributed by atoms with Crippen molar-refractivity contribution in [2.24, 2.45) is 7.05 Å². The van der Waals surface area contributed by atoms with Crippen LogP contribution in [0.1, 0.15) is 12.0 Å². The molecule has 184 valence electrons. The summed E-state index contributed by atoms with van der Waals surface area (Å²) < 4.78 is 14.0. The molecule has 0 amide bonds. The van der Waals surface area contributed by atoms with E-state index in [0.29, 0.717) is 18.2 Å². The van der Waals surface area contributed by atoms with Gasteiger partial charge in [-0.25, -0.2) is 4.79 Å². The average Bonchev–Trinajstić information content (AvgIpc) is 3.18. The Morgan fingerprint density at radius 3 is 2.85 bits per heavy atom. The molecule has 11 nitrogen and oxygen atoms in total. The molecule has 3 heterocycles. The molecule has 0 radical (unpaired) electrons. The van der Waals surface area contributed by atoms with Crippen molar-refractivity contribution >= 4 is 17.1 Å². The summed E-state index contributed by atoms with van der Waals surface area (Å²) in [5.74, 6) is 1.09. The van der Waals surface area contributed by atoms with Gasteiger partial charge in [-0.05, 0) is 37.6 Å². The molecule has 0 aliphatic carbocycles. The van der Waals surface area contributed by atoms with Gasteiger partial charge in [0.2, 0.25) is 5.95 Å². The number of benzene rings is 1. The van der Waals surface area contributed by atoms with Crippen molar-refractivity contribution in [3.8, 4) is 5.75 Å². The summed E-state index contributed by atoms with van der Waals surface area (Å²) in [5, 5.41) is 14.0. The molecule has 1 saturated heterocycles. The van der Waals surface area contributed by atoms with Crippen LogP contribution in [0.25, 0.3) is 11.2 Å². The Kier molecular flexibility index (Phi) is 7.66. The Labute approximate surface area is 196 Å². The number of fused-ring (bicyclic) bond motifs is 1. The first-order valence-corrected chi connectivity index (χ1v) is 11.5. The second-order valence-corrected chi connectivity index (χ2v) is 8.55. The summed E-state index contributed by atoms with van der Waals surface area (Å²) in [4.78, 5) is 33.9. The molecule has 0 unspecified atom stereocenters. The summed E-state index contributed by atoms with van der Waals surface area (Å²) >= 11 is 0. The number of nitrogens with one attached hydrogen (secondary N) is 2. The summed E-state index contributed by atoms with van der Waals surface area (Å²) in [6.07, 6.45) is -0.0271. The fraction of sp³-hybridized carbons (Fsp3) is 0.522. The molecule has 1 fully saturated rings. The van der Waals surface area contributed by atoms with E-state index in [2.05, 4.69) is 20.2 Å². The molecule has 0 saturated carbocycles. The maximum atomic E-state index is 12.6. The molecular weight excluding hydrogens is 440 g/mol. The number of hydrogen-bond donors (Lipinski definition) is 3. The SMILES string of the molecule is Cc1cccc(OC[C@@H](O)Cn2c(NCCCN3CCOCC3)nc3c2c(=O)[nH]c(=O)n3C)c1. The van der Waals surface area contributed by atoms with Crippen LogP contribution >= 0.6 is 0 Å². The standard InChI is InChI=1S/C23H32N6O5/c1-16-5-3-6-18(13-16)34-15-17(30)14-29-19-20(27(2)23(32)26-21(19)31)25-22(29)24-7-4-8-28-9-11-33-12-10-28/h3,5-6,13,17,30H,4,7-12,14-15H2,1-2H3,(H,24,25)(H,26,31,32)/t17-/m0/s1. The smallest absolute Gasteiger partial charge is 0.329 e. The molecule has 11 heteroatoms. The van der Waals surface area contributed by atoms with Gasteiger partial charge in [-0.15, -0.1) is 0 Å². The van der Waals surface area contributed by atoms with E-state index in [0.717, 1.165) is 44.8 Å². The van der Waals surface area contributed by atoms with Crippen molar-refractivity contribution in [2.45, 2.75) is 26.0 Å². The quantitative estimate of drug-likeness (QED) is 0.360. The summed E-state index contributed by atoms with van der Waals surface area (Å²) in [5.41, 5.74) is 0.468. The van der Waals surface area contributed by atoms with Crippen molar-refractivity contribution in [1.82, 2.24) is 24.0 Å². The first-order valence-electron chi connectivity index (χ1n) is 11.5. The van der Waals surface area contributed by atoms with Gasteiger partial charge in [0.05, 0.1) is 19.8 Å². The number of imidazole rings is 1. The van der Waals surface area contributed by atoms with E-state index in [4.69, 9.17) is 9.47 Å². The zero-order valence-corrected chi connectivity index (χ0v) is 19.6. The number of morpholine rings is 1. The molecule has 1 aromatic carbocycles. The number of nitrogens with zero attached hydrogens (tertiary/aromatic N) is 4. The van der Waals surface area contributed by atoms with Crippen LogP contribution in [0.4, 0.5) is 5.95 Å². The fourth-order valence-electron chi connectivity index (χ4n) is 4.04. The van der Waals surface area contributed by atoms with E-state index in [1.165, 1.54) is 4.57 Å². The van der Waals surface area contributed by atoms with E-state index >= 15 is 0 Å². The molecular formula is C23H32N6O5. The van der Waals surface area contributed by atoms with Gasteiger partial charge in [0.25, 0.3) is 5.56 Å². The van der Waals surface area contributed by atoms with Crippen LogP contribution < -0.4 is 21.3 Å². The average molecular weight is 473 g/mol. The number of aryl methyl sites for hydroxylation is 2. The van der Waals surface area contributed by atoms with E-state index in [9.17, 15) is 14.7 Å². The number of hydrogen-bond acceptors (Lipinski definition) is 8. The maximum absolute atomic E-state index is 12.6. The third-order valence-electron chi connectivity index (χ3n) is 5.87. The van der Waals surface area contributed by atoms with E-state index in [1.807, 2.05) is 31.2 Å². The third kappa shape index (κ3) is 5.66. The molecule has 4 rings (SSSR count). The largest absolute Gasteiger partial charge is 0.491 e. The van der Waals surface area contributed by atoms with Crippen LogP contribution in [-0.4, -0.2) is 81.2 Å². The lowest BCUT2D eigenvalue weighted by atomic mass is 10.2. The van der Waals surface area contributed by atoms with Gasteiger partial charge in [-0.3, -0.25) is 19.2 Å². The predicted molar refractivity (Wildman–Crippen MR) is 129 cm³/mol. The molecule has 0 bridgehead atoms. The van der Waals surface area contributed by atoms with Crippen LogP contribution in [0, 0.1) is 6.92 Å². The Morgan fingerprint density at radius 1 is 1.29 bits per heavy atom. The molecule has 1 aliphatic rings. The summed E-state index contributed by atoms with van der Waals surface area (Å²) in [6.45, 7) is 6.98. The summed E-state index contributed by atoms with van der Waals surface area (Å²) in [6, 6.07) is 7.57. The number of rotatable bonds is 10. The zero-order valence-electron chi connectivity index (χ0n) is 19.6. The molecule has 3 N–H and O–H groups in total. The van der Waals surface area contributed by atoms with Crippen molar-refractivity contribution in [3.63, 3.8) is 0 Å². The number of aliphatic hydroxyl groups excluding tert-OH is 1. The van der Waals surface area contributed by atoms with Gasteiger partial charge in [-0.2, -0.15) is 4.98 Å². The highest BCUT2D eigenvalue weighted by molar-refractivity contribution is 5.74. The highest BCUT2D eigenvalue weighted by atomic mass is 16.5. The minimum absolute atomic E-state index is 0.0449. The van der Waals surface area contributed by atoms with Crippen LogP contribution in [0.5, 0.6) is 5.75 Å².